The van der Waals surface area contributed by atoms with E-state index < -0.39 is 5.97 Å². The molecule has 4 heterocycles. The highest BCUT2D eigenvalue weighted by Crippen LogP contribution is 2.17. The Balaban J connectivity index is 1.47. The molecular formula is C14H10N6O4. The minimum atomic E-state index is -0.704. The van der Waals surface area contributed by atoms with Gasteiger partial charge in [0.25, 0.3) is 17.5 Å². The Bertz CT molecular complexity index is 1000. The van der Waals surface area contributed by atoms with Crippen LogP contribution in [-0.4, -0.2) is 35.7 Å². The molecular weight excluding hydrogens is 316 g/mol. The van der Waals surface area contributed by atoms with E-state index in [9.17, 15) is 4.79 Å². The third kappa shape index (κ3) is 2.49. The molecule has 4 rings (SSSR count). The van der Waals surface area contributed by atoms with E-state index in [0.29, 0.717) is 11.5 Å². The molecule has 0 unspecified atom stereocenters. The molecule has 0 aliphatic carbocycles. The first-order chi connectivity index (χ1) is 11.7. The van der Waals surface area contributed by atoms with Crippen LogP contribution in [-0.2, 0) is 11.3 Å². The molecule has 0 radical (unpaired) electrons. The molecule has 0 saturated heterocycles. The van der Waals surface area contributed by atoms with E-state index in [1.807, 2.05) is 6.92 Å². The normalized spacial score (nSPS) is 11.0. The van der Waals surface area contributed by atoms with Gasteiger partial charge in [0, 0.05) is 11.9 Å². The molecule has 0 bridgehead atoms. The van der Waals surface area contributed by atoms with Crippen molar-refractivity contribution in [3.63, 3.8) is 0 Å². The maximum Gasteiger partial charge on any atom is 0.378 e. The zero-order chi connectivity index (χ0) is 16.5. The lowest BCUT2D eigenvalue weighted by atomic mass is 10.4. The molecule has 0 amide bonds. The number of hydrogen-bond acceptors (Lipinski definition) is 9. The average Bonchev–Trinajstić information content (AvgIpc) is 3.31. The highest BCUT2D eigenvalue weighted by molar-refractivity contribution is 5.85. The molecule has 0 spiro atoms. The van der Waals surface area contributed by atoms with Gasteiger partial charge >= 0.3 is 5.97 Å². The molecule has 120 valence electrons. The van der Waals surface area contributed by atoms with E-state index in [0.717, 1.165) is 5.69 Å². The van der Waals surface area contributed by atoms with Crippen LogP contribution in [0.1, 0.15) is 22.1 Å². The number of aryl methyl sites for hydroxylation is 1. The fraction of sp³-hybridized carbons (Fsp3) is 0.143. The van der Waals surface area contributed by atoms with Crippen LogP contribution in [0, 0.1) is 6.92 Å². The van der Waals surface area contributed by atoms with Crippen LogP contribution in [0.25, 0.3) is 17.4 Å². The van der Waals surface area contributed by atoms with Crippen LogP contribution in [0.2, 0.25) is 0 Å². The first-order valence-corrected chi connectivity index (χ1v) is 6.93. The number of fused-ring (bicyclic) bond motifs is 1. The Morgan fingerprint density at radius 1 is 1.33 bits per heavy atom. The summed E-state index contributed by atoms with van der Waals surface area (Å²) < 4.78 is 16.7. The quantitative estimate of drug-likeness (QED) is 0.512. The fourth-order valence-corrected chi connectivity index (χ4v) is 2.00. The van der Waals surface area contributed by atoms with Gasteiger partial charge in [-0.25, -0.2) is 14.3 Å². The molecule has 24 heavy (non-hydrogen) atoms. The Labute approximate surface area is 134 Å². The van der Waals surface area contributed by atoms with Gasteiger partial charge in [-0.15, -0.1) is 5.10 Å². The molecule has 0 aromatic carbocycles. The standard InChI is InChI=1S/C14H10N6O4/c1-8-4-5-15-14-17-11(18-20(8)14)13(21)23-7-10-16-12(24-19-10)9-3-2-6-22-9/h2-6H,7H2,1H3. The van der Waals surface area contributed by atoms with Gasteiger partial charge in [0.05, 0.1) is 6.26 Å². The van der Waals surface area contributed by atoms with Crippen LogP contribution in [0.3, 0.4) is 0 Å². The molecule has 0 saturated carbocycles. The van der Waals surface area contributed by atoms with E-state index in [-0.39, 0.29) is 24.1 Å². The Morgan fingerprint density at radius 2 is 2.25 bits per heavy atom. The summed E-state index contributed by atoms with van der Waals surface area (Å²) in [5.74, 6) is 0.366. The second-order valence-corrected chi connectivity index (χ2v) is 4.80. The van der Waals surface area contributed by atoms with E-state index >= 15 is 0 Å². The summed E-state index contributed by atoms with van der Waals surface area (Å²) in [5, 5.41) is 7.77. The Kier molecular flexibility index (Phi) is 3.26. The van der Waals surface area contributed by atoms with Crippen molar-refractivity contribution in [1.82, 2.24) is 29.7 Å². The summed E-state index contributed by atoms with van der Waals surface area (Å²) >= 11 is 0. The number of carbonyl (C=O) groups is 1. The number of aromatic nitrogens is 6. The lowest BCUT2D eigenvalue weighted by molar-refractivity contribution is 0.0445. The van der Waals surface area contributed by atoms with Gasteiger partial charge in [0.15, 0.2) is 12.4 Å². The van der Waals surface area contributed by atoms with Gasteiger partial charge in [-0.05, 0) is 25.1 Å². The maximum absolute atomic E-state index is 12.0. The Morgan fingerprint density at radius 3 is 3.04 bits per heavy atom. The molecule has 4 aromatic heterocycles. The predicted octanol–water partition coefficient (Wildman–Crippen LogP) is 1.43. The summed E-state index contributed by atoms with van der Waals surface area (Å²) in [4.78, 5) is 24.2. The summed E-state index contributed by atoms with van der Waals surface area (Å²) in [6, 6.07) is 5.13. The molecule has 10 heteroatoms. The zero-order valence-electron chi connectivity index (χ0n) is 12.4. The molecule has 4 aromatic rings. The van der Waals surface area contributed by atoms with E-state index in [2.05, 4.69) is 25.2 Å². The second kappa shape index (κ2) is 5.57. The van der Waals surface area contributed by atoms with Crippen molar-refractivity contribution < 1.29 is 18.5 Å². The van der Waals surface area contributed by atoms with Crippen molar-refractivity contribution in [2.45, 2.75) is 13.5 Å². The lowest BCUT2D eigenvalue weighted by Crippen LogP contribution is -2.08. The SMILES string of the molecule is Cc1ccnc2nc(C(=O)OCc3noc(-c4ccco4)n3)nn12. The Hall–Kier alpha value is -3.56. The number of nitrogens with zero attached hydrogens (tertiary/aromatic N) is 6. The van der Waals surface area contributed by atoms with E-state index in [4.69, 9.17) is 13.7 Å². The van der Waals surface area contributed by atoms with Crippen molar-refractivity contribution in [3.05, 3.63) is 48.0 Å². The number of furan rings is 1. The molecule has 0 aliphatic heterocycles. The fourth-order valence-electron chi connectivity index (χ4n) is 2.00. The summed E-state index contributed by atoms with van der Waals surface area (Å²) in [5.41, 5.74) is 0.799. The van der Waals surface area contributed by atoms with Gasteiger partial charge in [-0.1, -0.05) is 5.16 Å². The van der Waals surface area contributed by atoms with E-state index in [1.54, 1.807) is 24.4 Å². The van der Waals surface area contributed by atoms with Crippen LogP contribution >= 0.6 is 0 Å². The molecule has 10 nitrogen and oxygen atoms in total. The number of hydrogen-bond donors (Lipinski definition) is 0. The number of esters is 1. The molecule has 0 fully saturated rings. The van der Waals surface area contributed by atoms with Crippen molar-refractivity contribution >= 4 is 11.7 Å². The largest absolute Gasteiger partial charge is 0.459 e. The third-order valence-corrected chi connectivity index (χ3v) is 3.14. The minimum absolute atomic E-state index is 0.0912. The van der Waals surface area contributed by atoms with Crippen LogP contribution in [0.5, 0.6) is 0 Å². The van der Waals surface area contributed by atoms with Gasteiger partial charge in [-0.2, -0.15) is 9.97 Å². The van der Waals surface area contributed by atoms with Crippen molar-refractivity contribution in [1.29, 1.82) is 0 Å². The van der Waals surface area contributed by atoms with E-state index in [1.165, 1.54) is 10.8 Å². The third-order valence-electron chi connectivity index (χ3n) is 3.14. The van der Waals surface area contributed by atoms with Crippen LogP contribution in [0.4, 0.5) is 0 Å². The smallest absolute Gasteiger partial charge is 0.378 e. The topological polar surface area (TPSA) is 121 Å². The highest BCUT2D eigenvalue weighted by atomic mass is 16.5. The monoisotopic (exact) mass is 326 g/mol. The van der Waals surface area contributed by atoms with Gasteiger partial charge in [0.1, 0.15) is 0 Å². The first-order valence-electron chi connectivity index (χ1n) is 6.93. The van der Waals surface area contributed by atoms with Crippen molar-refractivity contribution in [2.24, 2.45) is 0 Å². The van der Waals surface area contributed by atoms with Gasteiger partial charge < -0.3 is 13.7 Å². The number of rotatable bonds is 4. The number of carbonyl (C=O) groups excluding carboxylic acids is 1. The van der Waals surface area contributed by atoms with Crippen molar-refractivity contribution in [2.75, 3.05) is 0 Å². The van der Waals surface area contributed by atoms with Gasteiger partial charge in [0.2, 0.25) is 5.82 Å². The van der Waals surface area contributed by atoms with Crippen molar-refractivity contribution in [3.8, 4) is 11.7 Å². The van der Waals surface area contributed by atoms with Crippen LogP contribution < -0.4 is 0 Å². The lowest BCUT2D eigenvalue weighted by Gasteiger charge is -1.96. The first kappa shape index (κ1) is 14.1. The average molecular weight is 326 g/mol. The second-order valence-electron chi connectivity index (χ2n) is 4.80. The highest BCUT2D eigenvalue weighted by Gasteiger charge is 2.18. The summed E-state index contributed by atoms with van der Waals surface area (Å²) in [7, 11) is 0. The zero-order valence-corrected chi connectivity index (χ0v) is 12.4. The number of ether oxygens (including phenoxy) is 1. The molecule has 0 atom stereocenters. The predicted molar refractivity (Wildman–Crippen MR) is 76.6 cm³/mol. The van der Waals surface area contributed by atoms with Crippen LogP contribution in [0.15, 0.2) is 39.6 Å². The summed E-state index contributed by atoms with van der Waals surface area (Å²) in [6.07, 6.45) is 3.08. The maximum atomic E-state index is 12.0. The van der Waals surface area contributed by atoms with Gasteiger partial charge in [-0.3, -0.25) is 0 Å². The minimum Gasteiger partial charge on any atom is -0.459 e. The molecule has 0 N–H and O–H groups in total. The summed E-state index contributed by atoms with van der Waals surface area (Å²) in [6.45, 7) is 1.65. The molecule has 0 aliphatic rings.